The molecule has 0 aliphatic carbocycles. The van der Waals surface area contributed by atoms with Gasteiger partial charge in [0.1, 0.15) is 12.1 Å². The van der Waals surface area contributed by atoms with Crippen LogP contribution in [0.5, 0.6) is 5.88 Å². The van der Waals surface area contributed by atoms with Gasteiger partial charge in [0.25, 0.3) is 0 Å². The van der Waals surface area contributed by atoms with Crippen LogP contribution in [0.1, 0.15) is 18.4 Å². The molecule has 6 heteroatoms. The van der Waals surface area contributed by atoms with Gasteiger partial charge in [-0.2, -0.15) is 0 Å². The Morgan fingerprint density at radius 1 is 1.29 bits per heavy atom. The third kappa shape index (κ3) is 3.06. The zero-order chi connectivity index (χ0) is 16.4. The minimum atomic E-state index is 0.492. The van der Waals surface area contributed by atoms with Crippen molar-refractivity contribution in [1.29, 1.82) is 0 Å². The molecule has 1 saturated heterocycles. The van der Waals surface area contributed by atoms with E-state index in [2.05, 4.69) is 32.2 Å². The van der Waals surface area contributed by atoms with E-state index in [-0.39, 0.29) is 0 Å². The SMILES string of the molecule is Cc1csc2c(N3CCCC(COc4ccccn4)C3)ncnc12. The number of anilines is 1. The predicted octanol–water partition coefficient (Wildman–Crippen LogP) is 3.69. The summed E-state index contributed by atoms with van der Waals surface area (Å²) in [5.41, 5.74) is 2.31. The van der Waals surface area contributed by atoms with E-state index in [0.29, 0.717) is 18.4 Å². The summed E-state index contributed by atoms with van der Waals surface area (Å²) in [4.78, 5) is 15.6. The van der Waals surface area contributed by atoms with Gasteiger partial charge in [-0.25, -0.2) is 15.0 Å². The highest BCUT2D eigenvalue weighted by atomic mass is 32.1. The number of aryl methyl sites for hydroxylation is 1. The zero-order valence-electron chi connectivity index (χ0n) is 13.7. The van der Waals surface area contributed by atoms with Crippen molar-refractivity contribution in [2.45, 2.75) is 19.8 Å². The minimum absolute atomic E-state index is 0.492. The molecule has 0 amide bonds. The van der Waals surface area contributed by atoms with Gasteiger partial charge >= 0.3 is 0 Å². The summed E-state index contributed by atoms with van der Waals surface area (Å²) in [5, 5.41) is 2.16. The van der Waals surface area contributed by atoms with Crippen LogP contribution in [-0.2, 0) is 0 Å². The van der Waals surface area contributed by atoms with Crippen molar-refractivity contribution in [3.63, 3.8) is 0 Å². The molecule has 0 radical (unpaired) electrons. The van der Waals surface area contributed by atoms with E-state index in [0.717, 1.165) is 30.8 Å². The van der Waals surface area contributed by atoms with Gasteiger partial charge in [0.15, 0.2) is 0 Å². The van der Waals surface area contributed by atoms with E-state index in [4.69, 9.17) is 4.74 Å². The summed E-state index contributed by atoms with van der Waals surface area (Å²) in [6.45, 7) is 4.82. The van der Waals surface area contributed by atoms with Gasteiger partial charge in [0.05, 0.1) is 16.8 Å². The summed E-state index contributed by atoms with van der Waals surface area (Å²) in [5.74, 6) is 2.26. The maximum absolute atomic E-state index is 5.85. The highest BCUT2D eigenvalue weighted by Gasteiger charge is 2.23. The Balaban J connectivity index is 1.48. The van der Waals surface area contributed by atoms with Gasteiger partial charge < -0.3 is 9.64 Å². The molecule has 0 aromatic carbocycles. The van der Waals surface area contributed by atoms with Gasteiger partial charge in [-0.1, -0.05) is 6.07 Å². The summed E-state index contributed by atoms with van der Waals surface area (Å²) in [6.07, 6.45) is 5.79. The lowest BCUT2D eigenvalue weighted by atomic mass is 9.99. The van der Waals surface area contributed by atoms with Crippen molar-refractivity contribution in [3.05, 3.63) is 41.7 Å². The molecular weight excluding hydrogens is 320 g/mol. The van der Waals surface area contributed by atoms with Gasteiger partial charge in [0, 0.05) is 31.3 Å². The Bertz CT molecular complexity index is 820. The standard InChI is InChI=1S/C18H20N4OS/c1-13-11-24-17-16(13)20-12-21-18(17)22-8-4-5-14(9-22)10-23-15-6-2-3-7-19-15/h2-3,6-7,11-12,14H,4-5,8-10H2,1H3. The predicted molar refractivity (Wildman–Crippen MR) is 96.8 cm³/mol. The van der Waals surface area contributed by atoms with Crippen molar-refractivity contribution in [2.24, 2.45) is 5.92 Å². The molecule has 4 heterocycles. The van der Waals surface area contributed by atoms with E-state index in [9.17, 15) is 0 Å². The number of nitrogens with zero attached hydrogens (tertiary/aromatic N) is 4. The fourth-order valence-corrected chi connectivity index (χ4v) is 4.23. The van der Waals surface area contributed by atoms with Crippen LogP contribution < -0.4 is 9.64 Å². The zero-order valence-corrected chi connectivity index (χ0v) is 14.5. The number of fused-ring (bicyclic) bond motifs is 1. The number of pyridine rings is 1. The van der Waals surface area contributed by atoms with Crippen LogP contribution in [0.15, 0.2) is 36.1 Å². The molecule has 3 aromatic rings. The topological polar surface area (TPSA) is 51.1 Å². The Labute approximate surface area is 145 Å². The number of hydrogen-bond donors (Lipinski definition) is 0. The third-order valence-corrected chi connectivity index (χ3v) is 5.52. The molecule has 1 unspecified atom stereocenters. The Hall–Kier alpha value is -2.21. The number of rotatable bonds is 4. The number of piperidine rings is 1. The maximum Gasteiger partial charge on any atom is 0.213 e. The largest absolute Gasteiger partial charge is 0.477 e. The average molecular weight is 340 g/mol. The molecular formula is C18H20N4OS. The summed E-state index contributed by atoms with van der Waals surface area (Å²) in [6, 6.07) is 5.76. The summed E-state index contributed by atoms with van der Waals surface area (Å²) >= 11 is 1.74. The first-order valence-electron chi connectivity index (χ1n) is 8.29. The van der Waals surface area contributed by atoms with Gasteiger partial charge in [-0.15, -0.1) is 11.3 Å². The van der Waals surface area contributed by atoms with Gasteiger partial charge in [0.2, 0.25) is 5.88 Å². The van der Waals surface area contributed by atoms with E-state index >= 15 is 0 Å². The molecule has 1 atom stereocenters. The van der Waals surface area contributed by atoms with Crippen LogP contribution in [0.3, 0.4) is 0 Å². The van der Waals surface area contributed by atoms with E-state index in [1.807, 2.05) is 18.2 Å². The molecule has 3 aromatic heterocycles. The molecule has 0 spiro atoms. The smallest absolute Gasteiger partial charge is 0.213 e. The second kappa shape index (κ2) is 6.73. The van der Waals surface area contributed by atoms with E-state index in [1.165, 1.54) is 16.7 Å². The van der Waals surface area contributed by atoms with Gasteiger partial charge in [-0.05, 0) is 36.8 Å². The number of hydrogen-bond acceptors (Lipinski definition) is 6. The van der Waals surface area contributed by atoms with Crippen LogP contribution in [0.2, 0.25) is 0 Å². The first-order valence-corrected chi connectivity index (χ1v) is 9.17. The first-order chi connectivity index (χ1) is 11.8. The number of ether oxygens (including phenoxy) is 1. The van der Waals surface area contributed by atoms with Crippen molar-refractivity contribution in [1.82, 2.24) is 15.0 Å². The number of aromatic nitrogens is 3. The fraction of sp³-hybridized carbons (Fsp3) is 0.389. The number of thiophene rings is 1. The van der Waals surface area contributed by atoms with Crippen LogP contribution in [0.25, 0.3) is 10.2 Å². The highest BCUT2D eigenvalue weighted by Crippen LogP contribution is 2.33. The molecule has 124 valence electrons. The molecule has 24 heavy (non-hydrogen) atoms. The van der Waals surface area contributed by atoms with Crippen molar-refractivity contribution >= 4 is 27.4 Å². The quantitative estimate of drug-likeness (QED) is 0.725. The van der Waals surface area contributed by atoms with E-state index in [1.54, 1.807) is 23.9 Å². The Kier molecular flexibility index (Phi) is 4.30. The third-order valence-electron chi connectivity index (χ3n) is 4.44. The Morgan fingerprint density at radius 2 is 2.25 bits per heavy atom. The highest BCUT2D eigenvalue weighted by molar-refractivity contribution is 7.18. The lowest BCUT2D eigenvalue weighted by Gasteiger charge is -2.33. The fourth-order valence-electron chi connectivity index (χ4n) is 3.21. The van der Waals surface area contributed by atoms with E-state index < -0.39 is 0 Å². The van der Waals surface area contributed by atoms with Crippen molar-refractivity contribution in [3.8, 4) is 5.88 Å². The second-order valence-corrected chi connectivity index (χ2v) is 7.11. The van der Waals surface area contributed by atoms with Crippen molar-refractivity contribution < 1.29 is 4.74 Å². The molecule has 1 aliphatic heterocycles. The molecule has 0 N–H and O–H groups in total. The first kappa shape index (κ1) is 15.3. The molecule has 0 bridgehead atoms. The molecule has 1 fully saturated rings. The minimum Gasteiger partial charge on any atom is -0.477 e. The molecule has 0 saturated carbocycles. The molecule has 1 aliphatic rings. The maximum atomic E-state index is 5.85. The lowest BCUT2D eigenvalue weighted by Crippen LogP contribution is -2.38. The second-order valence-electron chi connectivity index (χ2n) is 6.23. The molecule has 4 rings (SSSR count). The molecule has 5 nitrogen and oxygen atoms in total. The monoisotopic (exact) mass is 340 g/mol. The Morgan fingerprint density at radius 3 is 3.12 bits per heavy atom. The summed E-state index contributed by atoms with van der Waals surface area (Å²) < 4.78 is 7.05. The normalized spacial score (nSPS) is 18.0. The summed E-state index contributed by atoms with van der Waals surface area (Å²) in [7, 11) is 0. The van der Waals surface area contributed by atoms with Gasteiger partial charge in [-0.3, -0.25) is 0 Å². The van der Waals surface area contributed by atoms with Crippen LogP contribution in [0, 0.1) is 12.8 Å². The average Bonchev–Trinajstić information content (AvgIpc) is 3.02. The lowest BCUT2D eigenvalue weighted by molar-refractivity contribution is 0.221. The van der Waals surface area contributed by atoms with Crippen LogP contribution in [-0.4, -0.2) is 34.6 Å². The van der Waals surface area contributed by atoms with Crippen LogP contribution >= 0.6 is 11.3 Å². The van der Waals surface area contributed by atoms with Crippen LogP contribution in [0.4, 0.5) is 5.82 Å². The van der Waals surface area contributed by atoms with Crippen molar-refractivity contribution in [2.75, 3.05) is 24.6 Å².